The Balaban J connectivity index is 1.96. The Hall–Kier alpha value is -1.36. The Morgan fingerprint density at radius 1 is 1.44 bits per heavy atom. The molecular weight excluding hydrogens is 228 g/mol. The molecule has 2 atom stereocenters. The van der Waals surface area contributed by atoms with Crippen molar-refractivity contribution in [2.75, 3.05) is 23.8 Å². The second kappa shape index (κ2) is 4.72. The summed E-state index contributed by atoms with van der Waals surface area (Å²) in [6.07, 6.45) is 6.43. The number of nitrogens with zero attached hydrogens (tertiary/aromatic N) is 3. The fourth-order valence-corrected chi connectivity index (χ4v) is 3.19. The number of fused-ring (bicyclic) bond motifs is 1. The van der Waals surface area contributed by atoms with Gasteiger partial charge in [0.15, 0.2) is 0 Å². The van der Waals surface area contributed by atoms with Crippen molar-refractivity contribution >= 4 is 11.6 Å². The molecule has 1 saturated carbocycles. The Morgan fingerprint density at radius 2 is 2.33 bits per heavy atom. The van der Waals surface area contributed by atoms with E-state index in [0.717, 1.165) is 31.0 Å². The molecule has 0 spiro atoms. The number of nitrogens with two attached hydrogens (primary N) is 1. The molecule has 0 aromatic carbocycles. The van der Waals surface area contributed by atoms with Gasteiger partial charge < -0.3 is 15.4 Å². The molecule has 0 radical (unpaired) electrons. The molecule has 2 unspecified atom stereocenters. The summed E-state index contributed by atoms with van der Waals surface area (Å²) in [5, 5.41) is 0. The van der Waals surface area contributed by atoms with Gasteiger partial charge >= 0.3 is 0 Å². The number of anilines is 2. The number of nitrogen functional groups attached to an aromatic ring is 1. The predicted molar refractivity (Wildman–Crippen MR) is 70.5 cm³/mol. The smallest absolute Gasteiger partial charge is 0.137 e. The highest BCUT2D eigenvalue weighted by Crippen LogP contribution is 2.34. The minimum Gasteiger partial charge on any atom is -0.383 e. The zero-order chi connectivity index (χ0) is 12.5. The van der Waals surface area contributed by atoms with Gasteiger partial charge in [0, 0.05) is 12.1 Å². The maximum atomic E-state index is 5.97. The minimum absolute atomic E-state index is 0.375. The predicted octanol–water partition coefficient (Wildman–Crippen LogP) is 1.38. The highest BCUT2D eigenvalue weighted by atomic mass is 16.5. The highest BCUT2D eigenvalue weighted by molar-refractivity contribution is 5.57. The lowest BCUT2D eigenvalue weighted by Crippen LogP contribution is -2.49. The molecule has 1 aromatic rings. The van der Waals surface area contributed by atoms with E-state index in [4.69, 9.17) is 10.5 Å². The van der Waals surface area contributed by atoms with Crippen LogP contribution in [0.25, 0.3) is 0 Å². The van der Waals surface area contributed by atoms with E-state index in [0.29, 0.717) is 18.0 Å². The molecule has 2 N–H and O–H groups in total. The molecular formula is C13H20N4O. The van der Waals surface area contributed by atoms with E-state index in [1.807, 2.05) is 0 Å². The first-order valence-electron chi connectivity index (χ1n) is 6.79. The average molecular weight is 248 g/mol. The Labute approximate surface area is 107 Å². The van der Waals surface area contributed by atoms with E-state index in [-0.39, 0.29) is 0 Å². The fraction of sp³-hybridized carbons (Fsp3) is 0.692. The van der Waals surface area contributed by atoms with Crippen LogP contribution < -0.4 is 10.6 Å². The van der Waals surface area contributed by atoms with Gasteiger partial charge in [0.25, 0.3) is 0 Å². The van der Waals surface area contributed by atoms with Crippen LogP contribution in [0.15, 0.2) is 6.33 Å². The van der Waals surface area contributed by atoms with Gasteiger partial charge in [0.1, 0.15) is 18.0 Å². The van der Waals surface area contributed by atoms with Gasteiger partial charge in [-0.2, -0.15) is 0 Å². The standard InChI is InChI=1S/C13H20N4O/c1-2-9-12(14)15-8-16-13(9)17-6-7-18-11-5-3-4-10(11)17/h8,10-11H,2-7H2,1H3,(H2,14,15,16). The Bertz CT molecular complexity index is 437. The maximum absolute atomic E-state index is 5.97. The fourth-order valence-electron chi connectivity index (χ4n) is 3.19. The third-order valence-corrected chi connectivity index (χ3v) is 4.06. The molecule has 1 aliphatic carbocycles. The van der Waals surface area contributed by atoms with Gasteiger partial charge in [-0.3, -0.25) is 0 Å². The summed E-state index contributed by atoms with van der Waals surface area (Å²) in [6.45, 7) is 3.80. The van der Waals surface area contributed by atoms with Gasteiger partial charge in [-0.1, -0.05) is 6.92 Å². The largest absolute Gasteiger partial charge is 0.383 e. The first-order valence-corrected chi connectivity index (χ1v) is 6.79. The number of hydrogen-bond acceptors (Lipinski definition) is 5. The van der Waals surface area contributed by atoms with Gasteiger partial charge in [0.05, 0.1) is 18.8 Å². The topological polar surface area (TPSA) is 64.3 Å². The summed E-state index contributed by atoms with van der Waals surface area (Å²) in [5.41, 5.74) is 7.04. The van der Waals surface area contributed by atoms with Crippen LogP contribution in [-0.2, 0) is 11.2 Å². The lowest BCUT2D eigenvalue weighted by Gasteiger charge is -2.39. The summed E-state index contributed by atoms with van der Waals surface area (Å²) in [5.74, 6) is 1.63. The molecule has 1 aromatic heterocycles. The summed E-state index contributed by atoms with van der Waals surface area (Å²) < 4.78 is 5.84. The highest BCUT2D eigenvalue weighted by Gasteiger charge is 2.37. The van der Waals surface area contributed by atoms with E-state index in [1.165, 1.54) is 19.3 Å². The second-order valence-electron chi connectivity index (χ2n) is 5.02. The van der Waals surface area contributed by atoms with Crippen molar-refractivity contribution < 1.29 is 4.74 Å². The number of morpholine rings is 1. The molecule has 5 nitrogen and oxygen atoms in total. The summed E-state index contributed by atoms with van der Waals surface area (Å²) in [6, 6.07) is 0.471. The van der Waals surface area contributed by atoms with E-state index in [2.05, 4.69) is 21.8 Å². The van der Waals surface area contributed by atoms with Crippen molar-refractivity contribution in [3.05, 3.63) is 11.9 Å². The third kappa shape index (κ3) is 1.82. The lowest BCUT2D eigenvalue weighted by molar-refractivity contribution is 0.0252. The molecule has 98 valence electrons. The number of ether oxygens (including phenoxy) is 1. The third-order valence-electron chi connectivity index (χ3n) is 4.06. The van der Waals surface area contributed by atoms with Crippen molar-refractivity contribution in [3.8, 4) is 0 Å². The Kier molecular flexibility index (Phi) is 3.07. The monoisotopic (exact) mass is 248 g/mol. The first kappa shape index (κ1) is 11.7. The van der Waals surface area contributed by atoms with E-state index in [1.54, 1.807) is 6.33 Å². The van der Waals surface area contributed by atoms with Crippen LogP contribution in [0.2, 0.25) is 0 Å². The van der Waals surface area contributed by atoms with Crippen molar-refractivity contribution in [3.63, 3.8) is 0 Å². The molecule has 2 aliphatic rings. The van der Waals surface area contributed by atoms with Crippen LogP contribution in [0.3, 0.4) is 0 Å². The van der Waals surface area contributed by atoms with Crippen molar-refractivity contribution in [1.82, 2.24) is 9.97 Å². The van der Waals surface area contributed by atoms with Crippen LogP contribution in [0.1, 0.15) is 31.7 Å². The van der Waals surface area contributed by atoms with Gasteiger partial charge in [-0.25, -0.2) is 9.97 Å². The van der Waals surface area contributed by atoms with E-state index >= 15 is 0 Å². The first-order chi connectivity index (χ1) is 8.81. The van der Waals surface area contributed by atoms with Gasteiger partial charge in [0.2, 0.25) is 0 Å². The molecule has 18 heavy (non-hydrogen) atoms. The molecule has 0 bridgehead atoms. The molecule has 2 fully saturated rings. The van der Waals surface area contributed by atoms with E-state index in [9.17, 15) is 0 Å². The van der Waals surface area contributed by atoms with Crippen LogP contribution in [0, 0.1) is 0 Å². The van der Waals surface area contributed by atoms with Crippen LogP contribution in [0.5, 0.6) is 0 Å². The van der Waals surface area contributed by atoms with Crippen LogP contribution in [0.4, 0.5) is 11.6 Å². The molecule has 2 heterocycles. The Morgan fingerprint density at radius 3 is 3.17 bits per heavy atom. The SMILES string of the molecule is CCc1c(N)ncnc1N1CCOC2CCCC21. The number of aromatic nitrogens is 2. The summed E-state index contributed by atoms with van der Waals surface area (Å²) >= 11 is 0. The average Bonchev–Trinajstić information content (AvgIpc) is 2.86. The van der Waals surface area contributed by atoms with Crippen LogP contribution >= 0.6 is 0 Å². The minimum atomic E-state index is 0.375. The normalized spacial score (nSPS) is 27.3. The summed E-state index contributed by atoms with van der Waals surface area (Å²) in [7, 11) is 0. The van der Waals surface area contributed by atoms with Gasteiger partial charge in [-0.05, 0) is 25.7 Å². The lowest BCUT2D eigenvalue weighted by atomic mass is 10.1. The van der Waals surface area contributed by atoms with Crippen LogP contribution in [-0.4, -0.2) is 35.3 Å². The molecule has 0 amide bonds. The zero-order valence-electron chi connectivity index (χ0n) is 10.8. The number of rotatable bonds is 2. The molecule has 3 rings (SSSR count). The quantitative estimate of drug-likeness (QED) is 0.856. The van der Waals surface area contributed by atoms with Crippen molar-refractivity contribution in [2.45, 2.75) is 44.8 Å². The van der Waals surface area contributed by atoms with E-state index < -0.39 is 0 Å². The van der Waals surface area contributed by atoms with Gasteiger partial charge in [-0.15, -0.1) is 0 Å². The number of hydrogen-bond donors (Lipinski definition) is 1. The van der Waals surface area contributed by atoms with Crippen molar-refractivity contribution in [1.29, 1.82) is 0 Å². The second-order valence-corrected chi connectivity index (χ2v) is 5.02. The van der Waals surface area contributed by atoms with Crippen molar-refractivity contribution in [2.24, 2.45) is 0 Å². The molecule has 1 aliphatic heterocycles. The molecule has 5 heteroatoms. The molecule has 1 saturated heterocycles. The zero-order valence-corrected chi connectivity index (χ0v) is 10.8. The summed E-state index contributed by atoms with van der Waals surface area (Å²) in [4.78, 5) is 11.0. The maximum Gasteiger partial charge on any atom is 0.137 e.